The van der Waals surface area contributed by atoms with Crippen LogP contribution in [0, 0.1) is 0 Å². The van der Waals surface area contributed by atoms with Crippen LogP contribution < -0.4 is 5.32 Å². The number of aromatic amines is 1. The van der Waals surface area contributed by atoms with Crippen LogP contribution in [0.2, 0.25) is 5.02 Å². The molecule has 1 heterocycles. The number of hydrogen-bond donors (Lipinski definition) is 2. The third-order valence-electron chi connectivity index (χ3n) is 4.26. The van der Waals surface area contributed by atoms with E-state index in [0.29, 0.717) is 30.4 Å². The van der Waals surface area contributed by atoms with Crippen LogP contribution in [0.5, 0.6) is 0 Å². The number of anilines is 1. The van der Waals surface area contributed by atoms with E-state index in [1.807, 2.05) is 42.5 Å². The predicted octanol–water partition coefficient (Wildman–Crippen LogP) is 3.86. The molecule has 0 radical (unpaired) electrons. The average Bonchev–Trinajstić information content (AvgIpc) is 3.09. The molecule has 8 heteroatoms. The van der Waals surface area contributed by atoms with Gasteiger partial charge in [-0.25, -0.2) is 9.78 Å². The number of aryl methyl sites for hydroxylation is 1. The van der Waals surface area contributed by atoms with E-state index in [2.05, 4.69) is 15.3 Å². The first-order chi connectivity index (χ1) is 13.5. The molecule has 0 fully saturated rings. The normalized spacial score (nSPS) is 10.6. The highest BCUT2D eigenvalue weighted by atomic mass is 35.5. The van der Waals surface area contributed by atoms with Crippen molar-refractivity contribution < 1.29 is 14.3 Å². The molecular weight excluding hydrogens is 380 g/mol. The number of imidazole rings is 1. The monoisotopic (exact) mass is 400 g/mol. The molecule has 1 aromatic heterocycles. The van der Waals surface area contributed by atoms with E-state index in [9.17, 15) is 9.59 Å². The summed E-state index contributed by atoms with van der Waals surface area (Å²) in [4.78, 5) is 32.8. The number of fused-ring (bicyclic) bond motifs is 1. The summed E-state index contributed by atoms with van der Waals surface area (Å²) in [6, 6.07) is 14.9. The van der Waals surface area contributed by atoms with Crippen molar-refractivity contribution in [2.45, 2.75) is 12.8 Å². The van der Waals surface area contributed by atoms with Gasteiger partial charge in [-0.1, -0.05) is 41.9 Å². The van der Waals surface area contributed by atoms with Gasteiger partial charge in [0.1, 0.15) is 6.61 Å². The quantitative estimate of drug-likeness (QED) is 0.630. The van der Waals surface area contributed by atoms with Gasteiger partial charge in [-0.3, -0.25) is 10.1 Å². The van der Waals surface area contributed by atoms with Crippen LogP contribution in [0.1, 0.15) is 12.0 Å². The molecule has 2 amide bonds. The summed E-state index contributed by atoms with van der Waals surface area (Å²) >= 11 is 6.10. The van der Waals surface area contributed by atoms with E-state index in [0.717, 1.165) is 16.6 Å². The number of benzene rings is 2. The Morgan fingerprint density at radius 3 is 2.71 bits per heavy atom. The Balaban J connectivity index is 1.39. The van der Waals surface area contributed by atoms with Gasteiger partial charge in [0.2, 0.25) is 11.9 Å². The number of para-hydroxylation sites is 2. The Morgan fingerprint density at radius 1 is 1.18 bits per heavy atom. The molecule has 7 nitrogen and oxygen atoms in total. The number of ether oxygens (including phenoxy) is 1. The van der Waals surface area contributed by atoms with Crippen molar-refractivity contribution in [2.24, 2.45) is 0 Å². The number of likely N-dealkylation sites (N-methyl/N-ethyl adjacent to an activating group) is 1. The summed E-state index contributed by atoms with van der Waals surface area (Å²) in [5, 5.41) is 3.20. The maximum absolute atomic E-state index is 12.2. The van der Waals surface area contributed by atoms with Crippen molar-refractivity contribution in [3.8, 4) is 0 Å². The third kappa shape index (κ3) is 5.23. The number of aromatic nitrogens is 2. The van der Waals surface area contributed by atoms with Gasteiger partial charge in [-0.2, -0.15) is 0 Å². The first-order valence-electron chi connectivity index (χ1n) is 8.89. The number of carbonyl (C=O) groups excluding carboxylic acids is 2. The molecule has 0 unspecified atom stereocenters. The van der Waals surface area contributed by atoms with Gasteiger partial charge in [-0.15, -0.1) is 0 Å². The van der Waals surface area contributed by atoms with Crippen LogP contribution in [0.25, 0.3) is 11.0 Å². The molecular formula is C20H21ClN4O3. The van der Waals surface area contributed by atoms with Crippen molar-refractivity contribution in [3.05, 3.63) is 59.1 Å². The van der Waals surface area contributed by atoms with Crippen LogP contribution >= 0.6 is 11.6 Å². The SMILES string of the molecule is CN(CCOC(=O)Nc1nc2ccccc2[nH]1)C(=O)CCc1ccccc1Cl. The Labute approximate surface area is 167 Å². The van der Waals surface area contributed by atoms with Crippen molar-refractivity contribution in [1.29, 1.82) is 0 Å². The molecule has 0 bridgehead atoms. The van der Waals surface area contributed by atoms with Crippen LogP contribution in [0.15, 0.2) is 48.5 Å². The van der Waals surface area contributed by atoms with Gasteiger partial charge in [0.25, 0.3) is 0 Å². The Bertz CT molecular complexity index is 940. The standard InChI is InChI=1S/C20H21ClN4O3/c1-25(18(26)11-10-14-6-2-3-7-15(14)21)12-13-28-20(27)24-19-22-16-8-4-5-9-17(16)23-19/h2-9H,10-13H2,1H3,(H2,22,23,24,27). The largest absolute Gasteiger partial charge is 0.447 e. The minimum Gasteiger partial charge on any atom is -0.447 e. The van der Waals surface area contributed by atoms with Gasteiger partial charge in [0.05, 0.1) is 17.6 Å². The zero-order chi connectivity index (χ0) is 19.9. The zero-order valence-electron chi connectivity index (χ0n) is 15.4. The van der Waals surface area contributed by atoms with Crippen LogP contribution in [0.3, 0.4) is 0 Å². The smallest absolute Gasteiger partial charge is 0.414 e. The first-order valence-corrected chi connectivity index (χ1v) is 9.26. The van der Waals surface area contributed by atoms with Crippen molar-refractivity contribution in [1.82, 2.24) is 14.9 Å². The minimum absolute atomic E-state index is 0.0405. The minimum atomic E-state index is -0.629. The van der Waals surface area contributed by atoms with E-state index in [1.54, 1.807) is 13.1 Å². The number of nitrogens with one attached hydrogen (secondary N) is 2. The number of H-pyrrole nitrogens is 1. The molecule has 0 aliphatic carbocycles. The Kier molecular flexibility index (Phi) is 6.49. The molecule has 28 heavy (non-hydrogen) atoms. The summed E-state index contributed by atoms with van der Waals surface area (Å²) in [6.07, 6.45) is 0.276. The highest BCUT2D eigenvalue weighted by molar-refractivity contribution is 6.31. The van der Waals surface area contributed by atoms with Gasteiger partial charge in [-0.05, 0) is 30.2 Å². The van der Waals surface area contributed by atoms with Crippen molar-refractivity contribution >= 4 is 40.6 Å². The van der Waals surface area contributed by atoms with E-state index >= 15 is 0 Å². The van der Waals surface area contributed by atoms with Crippen LogP contribution in [-0.4, -0.2) is 47.1 Å². The van der Waals surface area contributed by atoms with E-state index in [1.165, 1.54) is 4.90 Å². The predicted molar refractivity (Wildman–Crippen MR) is 108 cm³/mol. The maximum Gasteiger partial charge on any atom is 0.414 e. The summed E-state index contributed by atoms with van der Waals surface area (Å²) in [5.74, 6) is 0.275. The average molecular weight is 401 g/mol. The van der Waals surface area contributed by atoms with Gasteiger partial charge in [0.15, 0.2) is 0 Å². The number of hydrogen-bond acceptors (Lipinski definition) is 4. The lowest BCUT2D eigenvalue weighted by molar-refractivity contribution is -0.130. The van der Waals surface area contributed by atoms with E-state index in [-0.39, 0.29) is 12.5 Å². The lowest BCUT2D eigenvalue weighted by atomic mass is 10.1. The summed E-state index contributed by atoms with van der Waals surface area (Å²) in [5.41, 5.74) is 2.51. The molecule has 0 spiro atoms. The van der Waals surface area contributed by atoms with Crippen LogP contribution in [-0.2, 0) is 16.0 Å². The zero-order valence-corrected chi connectivity index (χ0v) is 16.2. The fraction of sp³-hybridized carbons (Fsp3) is 0.250. The molecule has 0 saturated heterocycles. The second kappa shape index (κ2) is 9.23. The molecule has 0 aliphatic rings. The number of rotatable bonds is 7. The molecule has 146 valence electrons. The number of halogens is 1. The summed E-state index contributed by atoms with van der Waals surface area (Å²) in [7, 11) is 1.68. The Morgan fingerprint density at radius 2 is 1.93 bits per heavy atom. The topological polar surface area (TPSA) is 87.3 Å². The highest BCUT2D eigenvalue weighted by Gasteiger charge is 2.12. The second-order valence-corrected chi connectivity index (χ2v) is 6.68. The lowest BCUT2D eigenvalue weighted by Gasteiger charge is -2.17. The first kappa shape index (κ1) is 19.7. The second-order valence-electron chi connectivity index (χ2n) is 6.27. The number of amides is 2. The van der Waals surface area contributed by atoms with E-state index < -0.39 is 6.09 Å². The number of carbonyl (C=O) groups is 2. The van der Waals surface area contributed by atoms with Crippen LogP contribution in [0.4, 0.5) is 10.7 Å². The van der Waals surface area contributed by atoms with Gasteiger partial charge in [0, 0.05) is 18.5 Å². The molecule has 0 atom stereocenters. The molecule has 2 aromatic carbocycles. The maximum atomic E-state index is 12.2. The molecule has 0 aliphatic heterocycles. The van der Waals surface area contributed by atoms with Gasteiger partial charge < -0.3 is 14.6 Å². The third-order valence-corrected chi connectivity index (χ3v) is 4.63. The van der Waals surface area contributed by atoms with E-state index in [4.69, 9.17) is 16.3 Å². The molecule has 3 rings (SSSR count). The van der Waals surface area contributed by atoms with Crippen molar-refractivity contribution in [3.63, 3.8) is 0 Å². The van der Waals surface area contributed by atoms with Gasteiger partial charge >= 0.3 is 6.09 Å². The highest BCUT2D eigenvalue weighted by Crippen LogP contribution is 2.17. The lowest BCUT2D eigenvalue weighted by Crippen LogP contribution is -2.31. The summed E-state index contributed by atoms with van der Waals surface area (Å²) < 4.78 is 5.12. The Hall–Kier alpha value is -3.06. The molecule has 2 N–H and O–H groups in total. The molecule has 0 saturated carbocycles. The van der Waals surface area contributed by atoms with Crippen molar-refractivity contribution in [2.75, 3.05) is 25.5 Å². The fourth-order valence-corrected chi connectivity index (χ4v) is 2.91. The molecule has 3 aromatic rings. The summed E-state index contributed by atoms with van der Waals surface area (Å²) in [6.45, 7) is 0.384. The number of nitrogens with zero attached hydrogens (tertiary/aromatic N) is 2. The fourth-order valence-electron chi connectivity index (χ4n) is 2.68.